The number of nitrogens with two attached hydrogens (primary N) is 1. The summed E-state index contributed by atoms with van der Waals surface area (Å²) in [4.78, 5) is 11.2. The van der Waals surface area contributed by atoms with Crippen LogP contribution in [0.5, 0.6) is 5.75 Å². The quantitative estimate of drug-likeness (QED) is 0.486. The average molecular weight is 284 g/mol. The molecule has 0 saturated carbocycles. The molecular weight excluding hydrogens is 264 g/mol. The smallest absolute Gasteiger partial charge is 0.238 e. The second-order valence-corrected chi connectivity index (χ2v) is 4.85. The highest BCUT2D eigenvalue weighted by Gasteiger charge is 2.02. The Hall–Kier alpha value is -2.33. The highest BCUT2D eigenvalue weighted by atomic mass is 16.5. The Kier molecular flexibility index (Phi) is 5.35. The third-order valence-corrected chi connectivity index (χ3v) is 3.26. The summed E-state index contributed by atoms with van der Waals surface area (Å²) in [5, 5.41) is 0. The molecule has 0 aliphatic heterocycles. The van der Waals surface area contributed by atoms with Crippen LogP contribution < -0.4 is 16.0 Å². The standard InChI is InChI=1S/C17H20N2O2/c1-2-13-4-3-5-16(10-13)21-12-15-8-6-14(7-9-15)11-17(20)19-18/h3-10H,2,11-12,18H2,1H3,(H,19,20). The minimum absolute atomic E-state index is 0.199. The molecular formula is C17H20N2O2. The molecule has 2 rings (SSSR count). The topological polar surface area (TPSA) is 64.3 Å². The molecule has 0 bridgehead atoms. The van der Waals surface area contributed by atoms with Crippen molar-refractivity contribution in [1.29, 1.82) is 0 Å². The normalized spacial score (nSPS) is 10.2. The summed E-state index contributed by atoms with van der Waals surface area (Å²) in [5.41, 5.74) is 5.37. The van der Waals surface area contributed by atoms with Crippen LogP contribution in [0.15, 0.2) is 48.5 Å². The summed E-state index contributed by atoms with van der Waals surface area (Å²) in [7, 11) is 0. The van der Waals surface area contributed by atoms with Crippen LogP contribution in [0.1, 0.15) is 23.6 Å². The number of aryl methyl sites for hydroxylation is 1. The third-order valence-electron chi connectivity index (χ3n) is 3.26. The summed E-state index contributed by atoms with van der Waals surface area (Å²) < 4.78 is 5.78. The lowest BCUT2D eigenvalue weighted by molar-refractivity contribution is -0.120. The number of amides is 1. The van der Waals surface area contributed by atoms with Gasteiger partial charge in [0.2, 0.25) is 5.91 Å². The van der Waals surface area contributed by atoms with Gasteiger partial charge in [0.05, 0.1) is 6.42 Å². The Bertz CT molecular complexity index is 594. The summed E-state index contributed by atoms with van der Waals surface area (Å²) in [6, 6.07) is 15.9. The minimum Gasteiger partial charge on any atom is -0.489 e. The fourth-order valence-electron chi connectivity index (χ4n) is 2.01. The van der Waals surface area contributed by atoms with Crippen LogP contribution in [0, 0.1) is 0 Å². The molecule has 0 saturated heterocycles. The lowest BCUT2D eigenvalue weighted by Gasteiger charge is -2.08. The zero-order valence-electron chi connectivity index (χ0n) is 12.1. The number of ether oxygens (including phenoxy) is 1. The van der Waals surface area contributed by atoms with Gasteiger partial charge in [0.15, 0.2) is 0 Å². The van der Waals surface area contributed by atoms with Crippen LogP contribution in [0.25, 0.3) is 0 Å². The molecule has 110 valence electrons. The average Bonchev–Trinajstić information content (AvgIpc) is 2.54. The largest absolute Gasteiger partial charge is 0.489 e. The Balaban J connectivity index is 1.92. The van der Waals surface area contributed by atoms with Gasteiger partial charge >= 0.3 is 0 Å². The number of hydrogen-bond acceptors (Lipinski definition) is 3. The van der Waals surface area contributed by atoms with E-state index in [1.807, 2.05) is 36.4 Å². The molecule has 0 aliphatic rings. The Labute approximate surface area is 124 Å². The summed E-state index contributed by atoms with van der Waals surface area (Å²) in [6.07, 6.45) is 1.28. The monoisotopic (exact) mass is 284 g/mol. The Morgan fingerprint density at radius 3 is 2.48 bits per heavy atom. The maximum atomic E-state index is 11.2. The summed E-state index contributed by atoms with van der Waals surface area (Å²) in [5.74, 6) is 5.74. The SMILES string of the molecule is CCc1cccc(OCc2ccc(CC(=O)NN)cc2)c1. The first-order chi connectivity index (χ1) is 10.2. The van der Waals surface area contributed by atoms with Crippen LogP contribution in [0.3, 0.4) is 0 Å². The molecule has 0 fully saturated rings. The third kappa shape index (κ3) is 4.61. The summed E-state index contributed by atoms with van der Waals surface area (Å²) >= 11 is 0. The highest BCUT2D eigenvalue weighted by molar-refractivity contribution is 5.77. The number of rotatable bonds is 6. The van der Waals surface area contributed by atoms with E-state index < -0.39 is 0 Å². The fourth-order valence-corrected chi connectivity index (χ4v) is 2.01. The lowest BCUT2D eigenvalue weighted by Crippen LogP contribution is -2.31. The lowest BCUT2D eigenvalue weighted by atomic mass is 10.1. The molecule has 2 aromatic carbocycles. The number of benzene rings is 2. The van der Waals surface area contributed by atoms with Gasteiger partial charge in [-0.1, -0.05) is 43.3 Å². The number of hydrogen-bond donors (Lipinski definition) is 2. The van der Waals surface area contributed by atoms with E-state index in [0.717, 1.165) is 23.3 Å². The first-order valence-corrected chi connectivity index (χ1v) is 7.00. The van der Waals surface area contributed by atoms with Crippen molar-refractivity contribution in [2.75, 3.05) is 0 Å². The molecule has 0 atom stereocenters. The van der Waals surface area contributed by atoms with E-state index in [-0.39, 0.29) is 12.3 Å². The molecule has 4 nitrogen and oxygen atoms in total. The molecule has 0 unspecified atom stereocenters. The Morgan fingerprint density at radius 2 is 1.81 bits per heavy atom. The van der Waals surface area contributed by atoms with Gasteiger partial charge in [-0.3, -0.25) is 10.2 Å². The molecule has 1 amide bonds. The van der Waals surface area contributed by atoms with E-state index in [1.165, 1.54) is 5.56 Å². The van der Waals surface area contributed by atoms with Gasteiger partial charge < -0.3 is 4.74 Å². The van der Waals surface area contributed by atoms with Crippen molar-refractivity contribution in [3.05, 3.63) is 65.2 Å². The van der Waals surface area contributed by atoms with Crippen molar-refractivity contribution in [3.63, 3.8) is 0 Å². The van der Waals surface area contributed by atoms with Gasteiger partial charge in [0, 0.05) is 0 Å². The molecule has 4 heteroatoms. The zero-order chi connectivity index (χ0) is 15.1. The number of hydrazine groups is 1. The molecule has 3 N–H and O–H groups in total. The molecule has 0 heterocycles. The summed E-state index contributed by atoms with van der Waals surface area (Å²) in [6.45, 7) is 2.63. The van der Waals surface area contributed by atoms with Crippen LogP contribution in [0.2, 0.25) is 0 Å². The second-order valence-electron chi connectivity index (χ2n) is 4.85. The van der Waals surface area contributed by atoms with Crippen molar-refractivity contribution in [1.82, 2.24) is 5.43 Å². The van der Waals surface area contributed by atoms with Crippen LogP contribution in [0.4, 0.5) is 0 Å². The van der Waals surface area contributed by atoms with E-state index >= 15 is 0 Å². The molecule has 0 aliphatic carbocycles. The van der Waals surface area contributed by atoms with E-state index in [4.69, 9.17) is 10.6 Å². The van der Waals surface area contributed by atoms with Gasteiger partial charge in [-0.2, -0.15) is 0 Å². The van der Waals surface area contributed by atoms with Gasteiger partial charge in [0.25, 0.3) is 0 Å². The maximum Gasteiger partial charge on any atom is 0.238 e. The van der Waals surface area contributed by atoms with Crippen molar-refractivity contribution in [2.24, 2.45) is 5.84 Å². The zero-order valence-corrected chi connectivity index (χ0v) is 12.1. The van der Waals surface area contributed by atoms with Gasteiger partial charge in [-0.05, 0) is 35.2 Å². The van der Waals surface area contributed by atoms with Crippen molar-refractivity contribution in [2.45, 2.75) is 26.4 Å². The molecule has 0 radical (unpaired) electrons. The van der Waals surface area contributed by atoms with E-state index in [0.29, 0.717) is 6.61 Å². The van der Waals surface area contributed by atoms with Crippen molar-refractivity contribution < 1.29 is 9.53 Å². The van der Waals surface area contributed by atoms with Gasteiger partial charge in [-0.25, -0.2) is 5.84 Å². The Morgan fingerprint density at radius 1 is 1.10 bits per heavy atom. The maximum absolute atomic E-state index is 11.2. The second kappa shape index (κ2) is 7.45. The minimum atomic E-state index is -0.199. The van der Waals surface area contributed by atoms with Crippen LogP contribution >= 0.6 is 0 Å². The van der Waals surface area contributed by atoms with E-state index in [1.54, 1.807) is 0 Å². The first-order valence-electron chi connectivity index (χ1n) is 7.00. The first kappa shape index (κ1) is 15.1. The van der Waals surface area contributed by atoms with Gasteiger partial charge in [-0.15, -0.1) is 0 Å². The van der Waals surface area contributed by atoms with E-state index in [9.17, 15) is 4.79 Å². The predicted octanol–water partition coefficient (Wildman–Crippen LogP) is 2.36. The molecule has 2 aromatic rings. The molecule has 21 heavy (non-hydrogen) atoms. The predicted molar refractivity (Wildman–Crippen MR) is 82.6 cm³/mol. The number of carbonyl (C=O) groups is 1. The van der Waals surface area contributed by atoms with Gasteiger partial charge in [0.1, 0.15) is 12.4 Å². The van der Waals surface area contributed by atoms with Crippen molar-refractivity contribution >= 4 is 5.91 Å². The van der Waals surface area contributed by atoms with Crippen molar-refractivity contribution in [3.8, 4) is 5.75 Å². The highest BCUT2D eigenvalue weighted by Crippen LogP contribution is 2.16. The van der Waals surface area contributed by atoms with Crippen LogP contribution in [-0.4, -0.2) is 5.91 Å². The number of carbonyl (C=O) groups excluding carboxylic acids is 1. The molecule has 0 spiro atoms. The van der Waals surface area contributed by atoms with Crippen LogP contribution in [-0.2, 0) is 24.2 Å². The molecule has 0 aromatic heterocycles. The van der Waals surface area contributed by atoms with E-state index in [2.05, 4.69) is 24.5 Å². The number of nitrogens with one attached hydrogen (secondary N) is 1. The fraction of sp³-hybridized carbons (Fsp3) is 0.235.